The molecule has 0 radical (unpaired) electrons. The topological polar surface area (TPSA) is 53.7 Å². The van der Waals surface area contributed by atoms with E-state index in [1.165, 1.54) is 0 Å². The molecule has 1 atom stereocenters. The first-order chi connectivity index (χ1) is 7.90. The number of aromatic nitrogens is 2. The van der Waals surface area contributed by atoms with Crippen LogP contribution in [0.4, 0.5) is 0 Å². The lowest BCUT2D eigenvalue weighted by Gasteiger charge is -2.36. The number of nitrogens with zero attached hydrogens (tertiary/aromatic N) is 4. The average molecular weight is 238 g/mol. The van der Waals surface area contributed by atoms with Crippen LogP contribution in [0, 0.1) is 0 Å². The van der Waals surface area contributed by atoms with Crippen molar-refractivity contribution in [3.05, 3.63) is 18.0 Å². The van der Waals surface area contributed by atoms with Gasteiger partial charge in [-0.3, -0.25) is 9.67 Å². The molecule has 3 rings (SSSR count). The van der Waals surface area contributed by atoms with Crippen LogP contribution in [0.15, 0.2) is 17.3 Å². The Hall–Kier alpha value is -1.01. The SMILES string of the molecule is OCC1c2ccnn2CCN1C1=NCCS1. The Kier molecular flexibility index (Phi) is 2.61. The molecule has 1 aromatic rings. The van der Waals surface area contributed by atoms with E-state index in [2.05, 4.69) is 15.0 Å². The van der Waals surface area contributed by atoms with Gasteiger partial charge >= 0.3 is 0 Å². The number of aliphatic hydroxyl groups excluding tert-OH is 1. The maximum absolute atomic E-state index is 9.54. The summed E-state index contributed by atoms with van der Waals surface area (Å²) >= 11 is 1.78. The largest absolute Gasteiger partial charge is 0.394 e. The van der Waals surface area contributed by atoms with Crippen molar-refractivity contribution in [1.29, 1.82) is 0 Å². The number of hydrogen-bond donors (Lipinski definition) is 1. The van der Waals surface area contributed by atoms with E-state index in [9.17, 15) is 5.11 Å². The van der Waals surface area contributed by atoms with E-state index in [0.717, 1.165) is 36.2 Å². The van der Waals surface area contributed by atoms with Gasteiger partial charge in [-0.15, -0.1) is 0 Å². The van der Waals surface area contributed by atoms with Gasteiger partial charge in [-0.05, 0) is 6.07 Å². The van der Waals surface area contributed by atoms with Gasteiger partial charge in [-0.1, -0.05) is 11.8 Å². The van der Waals surface area contributed by atoms with Crippen LogP contribution in [-0.2, 0) is 6.54 Å². The van der Waals surface area contributed by atoms with Gasteiger partial charge in [0.1, 0.15) is 0 Å². The number of hydrogen-bond acceptors (Lipinski definition) is 5. The maximum atomic E-state index is 9.54. The molecule has 0 aromatic carbocycles. The smallest absolute Gasteiger partial charge is 0.159 e. The van der Waals surface area contributed by atoms with E-state index in [1.54, 1.807) is 18.0 Å². The van der Waals surface area contributed by atoms with E-state index in [-0.39, 0.29) is 12.6 Å². The maximum Gasteiger partial charge on any atom is 0.159 e. The van der Waals surface area contributed by atoms with E-state index >= 15 is 0 Å². The lowest BCUT2D eigenvalue weighted by molar-refractivity contribution is 0.153. The number of aliphatic imine (C=N–C) groups is 1. The molecule has 0 fully saturated rings. The zero-order valence-corrected chi connectivity index (χ0v) is 9.73. The molecule has 3 heterocycles. The molecular formula is C10H14N4OS. The molecule has 5 nitrogen and oxygen atoms in total. The molecule has 0 saturated carbocycles. The summed E-state index contributed by atoms with van der Waals surface area (Å²) in [6, 6.07) is 1.99. The number of aliphatic hydroxyl groups is 1. The van der Waals surface area contributed by atoms with Crippen LogP contribution in [0.25, 0.3) is 0 Å². The summed E-state index contributed by atoms with van der Waals surface area (Å²) in [6.07, 6.45) is 1.80. The second kappa shape index (κ2) is 4.10. The molecule has 1 N–H and O–H groups in total. The first kappa shape index (κ1) is 10.2. The fourth-order valence-electron chi connectivity index (χ4n) is 2.25. The minimum atomic E-state index is 0.0144. The summed E-state index contributed by atoms with van der Waals surface area (Å²) in [5.41, 5.74) is 1.09. The van der Waals surface area contributed by atoms with Crippen molar-refractivity contribution in [3.63, 3.8) is 0 Å². The normalized spacial score (nSPS) is 24.4. The molecule has 0 spiro atoms. The van der Waals surface area contributed by atoms with E-state index in [0.29, 0.717) is 0 Å². The quantitative estimate of drug-likeness (QED) is 0.766. The highest BCUT2D eigenvalue weighted by Gasteiger charge is 2.30. The molecule has 86 valence electrons. The van der Waals surface area contributed by atoms with Gasteiger partial charge < -0.3 is 10.0 Å². The van der Waals surface area contributed by atoms with Crippen LogP contribution >= 0.6 is 11.8 Å². The summed E-state index contributed by atoms with van der Waals surface area (Å²) in [6.45, 7) is 2.77. The van der Waals surface area contributed by atoms with Crippen LogP contribution in [0.3, 0.4) is 0 Å². The van der Waals surface area contributed by atoms with Gasteiger partial charge in [-0.25, -0.2) is 0 Å². The second-order valence-corrected chi connectivity index (χ2v) is 4.95. The molecule has 0 bridgehead atoms. The van der Waals surface area contributed by atoms with Crippen LogP contribution in [-0.4, -0.2) is 50.4 Å². The molecule has 6 heteroatoms. The third-order valence-electron chi connectivity index (χ3n) is 3.01. The number of rotatable bonds is 1. The first-order valence-corrected chi connectivity index (χ1v) is 6.45. The van der Waals surface area contributed by atoms with Crippen molar-refractivity contribution in [2.45, 2.75) is 12.6 Å². The minimum absolute atomic E-state index is 0.0144. The van der Waals surface area contributed by atoms with Crippen LogP contribution in [0.1, 0.15) is 11.7 Å². The van der Waals surface area contributed by atoms with Gasteiger partial charge in [0.25, 0.3) is 0 Å². The Bertz CT molecular complexity index is 417. The van der Waals surface area contributed by atoms with E-state index in [4.69, 9.17) is 0 Å². The average Bonchev–Trinajstić information content (AvgIpc) is 2.97. The zero-order valence-electron chi connectivity index (χ0n) is 8.91. The fraction of sp³-hybridized carbons (Fsp3) is 0.600. The number of amidine groups is 1. The molecule has 1 unspecified atom stereocenters. The first-order valence-electron chi connectivity index (χ1n) is 5.46. The third-order valence-corrected chi connectivity index (χ3v) is 4.02. The Morgan fingerprint density at radius 3 is 3.19 bits per heavy atom. The van der Waals surface area contributed by atoms with Crippen molar-refractivity contribution in [3.8, 4) is 0 Å². The van der Waals surface area contributed by atoms with Gasteiger partial charge in [-0.2, -0.15) is 5.10 Å². The van der Waals surface area contributed by atoms with Gasteiger partial charge in [0.2, 0.25) is 0 Å². The second-order valence-electron chi connectivity index (χ2n) is 3.88. The number of fused-ring (bicyclic) bond motifs is 1. The standard InChI is InChI=1S/C10H14N4OS/c15-7-9-8-1-2-12-14(8)5-4-13(9)10-11-3-6-16-10/h1-2,9,15H,3-7H2. The minimum Gasteiger partial charge on any atom is -0.394 e. The lowest BCUT2D eigenvalue weighted by atomic mass is 10.1. The van der Waals surface area contributed by atoms with Gasteiger partial charge in [0.05, 0.1) is 31.4 Å². The molecule has 0 amide bonds. The van der Waals surface area contributed by atoms with Crippen LogP contribution in [0.5, 0.6) is 0 Å². The molecule has 16 heavy (non-hydrogen) atoms. The highest BCUT2D eigenvalue weighted by atomic mass is 32.2. The van der Waals surface area contributed by atoms with Crippen molar-refractivity contribution >= 4 is 16.9 Å². The third kappa shape index (κ3) is 1.53. The van der Waals surface area contributed by atoms with Crippen LogP contribution < -0.4 is 0 Å². The predicted octanol–water partition coefficient (Wildman–Crippen LogP) is 0.335. The lowest BCUT2D eigenvalue weighted by Crippen LogP contribution is -2.42. The van der Waals surface area contributed by atoms with Crippen LogP contribution in [0.2, 0.25) is 0 Å². The van der Waals surface area contributed by atoms with Crippen molar-refractivity contribution < 1.29 is 5.11 Å². The highest BCUT2D eigenvalue weighted by molar-refractivity contribution is 8.14. The Morgan fingerprint density at radius 2 is 2.44 bits per heavy atom. The summed E-state index contributed by atoms with van der Waals surface area (Å²) < 4.78 is 1.97. The molecular weight excluding hydrogens is 224 g/mol. The molecule has 0 aliphatic carbocycles. The van der Waals surface area contributed by atoms with Crippen molar-refractivity contribution in [2.75, 3.05) is 25.4 Å². The summed E-state index contributed by atoms with van der Waals surface area (Å²) in [5, 5.41) is 14.9. The van der Waals surface area contributed by atoms with E-state index in [1.807, 2.05) is 10.7 Å². The summed E-state index contributed by atoms with van der Waals surface area (Å²) in [4.78, 5) is 6.68. The Labute approximate surface area is 98.2 Å². The fourth-order valence-corrected chi connectivity index (χ4v) is 3.18. The zero-order chi connectivity index (χ0) is 11.0. The molecule has 1 aromatic heterocycles. The van der Waals surface area contributed by atoms with Crippen molar-refractivity contribution in [2.24, 2.45) is 4.99 Å². The molecule has 0 saturated heterocycles. The predicted molar refractivity (Wildman–Crippen MR) is 63.5 cm³/mol. The van der Waals surface area contributed by atoms with Gasteiger partial charge in [0.15, 0.2) is 5.17 Å². The number of thioether (sulfide) groups is 1. The molecule has 2 aliphatic rings. The van der Waals surface area contributed by atoms with E-state index < -0.39 is 0 Å². The summed E-state index contributed by atoms with van der Waals surface area (Å²) in [7, 11) is 0. The molecule has 2 aliphatic heterocycles. The van der Waals surface area contributed by atoms with Gasteiger partial charge in [0, 0.05) is 18.5 Å². The highest BCUT2D eigenvalue weighted by Crippen LogP contribution is 2.29. The monoisotopic (exact) mass is 238 g/mol. The Morgan fingerprint density at radius 1 is 1.50 bits per heavy atom. The van der Waals surface area contributed by atoms with Crippen molar-refractivity contribution in [1.82, 2.24) is 14.7 Å². The summed E-state index contributed by atoms with van der Waals surface area (Å²) in [5.74, 6) is 1.06. The Balaban J connectivity index is 1.91.